The lowest BCUT2D eigenvalue weighted by Crippen LogP contribution is -2.44. The molecule has 2 N–H and O–H groups in total. The monoisotopic (exact) mass is 242 g/mol. The molecule has 3 rings (SSSR count). The van der Waals surface area contributed by atoms with Crippen LogP contribution < -0.4 is 10.6 Å². The number of hydrogen-bond donors (Lipinski definition) is 1. The molecule has 1 aliphatic rings. The van der Waals surface area contributed by atoms with Gasteiger partial charge in [-0.05, 0) is 25.2 Å². The highest BCUT2D eigenvalue weighted by Gasteiger charge is 2.15. The van der Waals surface area contributed by atoms with E-state index in [1.54, 1.807) is 0 Å². The summed E-state index contributed by atoms with van der Waals surface area (Å²) in [4.78, 5) is 9.22. The number of likely N-dealkylation sites (N-methyl/N-ethyl adjacent to an activating group) is 1. The van der Waals surface area contributed by atoms with Crippen molar-refractivity contribution in [3.63, 3.8) is 0 Å². The van der Waals surface area contributed by atoms with Crippen LogP contribution in [0.1, 0.15) is 0 Å². The number of nitrogen functional groups attached to an aromatic ring is 1. The second-order valence-corrected chi connectivity index (χ2v) is 4.90. The zero-order valence-corrected chi connectivity index (χ0v) is 10.6. The van der Waals surface area contributed by atoms with E-state index in [2.05, 4.69) is 27.9 Å². The van der Waals surface area contributed by atoms with Gasteiger partial charge in [0.05, 0.1) is 17.4 Å². The zero-order valence-electron chi connectivity index (χ0n) is 10.6. The summed E-state index contributed by atoms with van der Waals surface area (Å²) in [5.74, 6) is 0. The summed E-state index contributed by atoms with van der Waals surface area (Å²) in [6, 6.07) is 8.03. The Bertz CT molecular complexity index is 559. The van der Waals surface area contributed by atoms with Gasteiger partial charge >= 0.3 is 0 Å². The van der Waals surface area contributed by atoms with Crippen LogP contribution in [0.25, 0.3) is 10.9 Å². The summed E-state index contributed by atoms with van der Waals surface area (Å²) in [6.07, 6.45) is 1.95. The second-order valence-electron chi connectivity index (χ2n) is 4.90. The van der Waals surface area contributed by atoms with Crippen LogP contribution >= 0.6 is 0 Å². The third-order valence-electron chi connectivity index (χ3n) is 3.61. The Hall–Kier alpha value is -1.81. The molecule has 18 heavy (non-hydrogen) atoms. The summed E-state index contributed by atoms with van der Waals surface area (Å²) in [6.45, 7) is 4.30. The van der Waals surface area contributed by atoms with Gasteiger partial charge < -0.3 is 15.5 Å². The molecule has 0 saturated carbocycles. The van der Waals surface area contributed by atoms with Crippen molar-refractivity contribution in [2.24, 2.45) is 0 Å². The molecule has 1 aromatic heterocycles. The van der Waals surface area contributed by atoms with Gasteiger partial charge in [-0.15, -0.1) is 0 Å². The van der Waals surface area contributed by atoms with Gasteiger partial charge in [-0.25, -0.2) is 0 Å². The van der Waals surface area contributed by atoms with Gasteiger partial charge in [0.15, 0.2) is 0 Å². The molecule has 0 aliphatic carbocycles. The Balaban J connectivity index is 1.95. The van der Waals surface area contributed by atoms with E-state index in [1.165, 1.54) is 5.69 Å². The van der Waals surface area contributed by atoms with E-state index in [-0.39, 0.29) is 0 Å². The van der Waals surface area contributed by atoms with E-state index >= 15 is 0 Å². The maximum Gasteiger partial charge on any atom is 0.0724 e. The van der Waals surface area contributed by atoms with E-state index in [9.17, 15) is 0 Å². The third kappa shape index (κ3) is 1.99. The van der Waals surface area contributed by atoms with Crippen LogP contribution in [0.5, 0.6) is 0 Å². The summed E-state index contributed by atoms with van der Waals surface area (Å²) < 4.78 is 0. The fraction of sp³-hybridized carbons (Fsp3) is 0.357. The number of anilines is 2. The lowest BCUT2D eigenvalue weighted by atomic mass is 10.1. The lowest BCUT2D eigenvalue weighted by Gasteiger charge is -2.33. The van der Waals surface area contributed by atoms with Crippen molar-refractivity contribution in [1.82, 2.24) is 9.88 Å². The normalized spacial score (nSPS) is 17.3. The summed E-state index contributed by atoms with van der Waals surface area (Å²) in [5, 5.41) is 1.05. The van der Waals surface area contributed by atoms with E-state index < -0.39 is 0 Å². The molecular formula is C14H18N4. The van der Waals surface area contributed by atoms with E-state index in [0.717, 1.165) is 42.8 Å². The number of hydrogen-bond acceptors (Lipinski definition) is 4. The van der Waals surface area contributed by atoms with Crippen molar-refractivity contribution < 1.29 is 0 Å². The van der Waals surface area contributed by atoms with Crippen LogP contribution in [-0.4, -0.2) is 43.1 Å². The van der Waals surface area contributed by atoms with Gasteiger partial charge in [-0.2, -0.15) is 0 Å². The first-order valence-electron chi connectivity index (χ1n) is 6.32. The summed E-state index contributed by atoms with van der Waals surface area (Å²) in [7, 11) is 2.16. The predicted molar refractivity (Wildman–Crippen MR) is 75.9 cm³/mol. The van der Waals surface area contributed by atoms with Crippen molar-refractivity contribution >= 4 is 22.3 Å². The van der Waals surface area contributed by atoms with Crippen LogP contribution in [0.15, 0.2) is 30.5 Å². The maximum absolute atomic E-state index is 6.01. The molecule has 0 amide bonds. The van der Waals surface area contributed by atoms with Crippen molar-refractivity contribution in [2.45, 2.75) is 0 Å². The van der Waals surface area contributed by atoms with E-state index in [1.807, 2.05) is 24.4 Å². The van der Waals surface area contributed by atoms with Crippen LogP contribution in [-0.2, 0) is 0 Å². The number of nitrogens with zero attached hydrogens (tertiary/aromatic N) is 3. The zero-order chi connectivity index (χ0) is 12.5. The number of aromatic nitrogens is 1. The molecule has 0 bridgehead atoms. The minimum atomic E-state index is 0.802. The molecule has 4 nitrogen and oxygen atoms in total. The Morgan fingerprint density at radius 2 is 1.94 bits per heavy atom. The fourth-order valence-electron chi connectivity index (χ4n) is 2.40. The standard InChI is InChI=1S/C14H18N4/c1-17-5-7-18(8-6-17)11-9-12-13(15)3-2-4-14(12)16-10-11/h2-4,9-10H,5-8,15H2,1H3. The summed E-state index contributed by atoms with van der Waals surface area (Å²) in [5.41, 5.74) is 8.95. The van der Waals surface area contributed by atoms with Crippen molar-refractivity contribution in [1.29, 1.82) is 0 Å². The van der Waals surface area contributed by atoms with Crippen LogP contribution in [0.3, 0.4) is 0 Å². The van der Waals surface area contributed by atoms with Crippen LogP contribution in [0.2, 0.25) is 0 Å². The highest BCUT2D eigenvalue weighted by atomic mass is 15.2. The number of rotatable bonds is 1. The molecule has 0 radical (unpaired) electrons. The molecule has 1 aromatic carbocycles. The van der Waals surface area contributed by atoms with Gasteiger partial charge in [0, 0.05) is 37.3 Å². The fourth-order valence-corrected chi connectivity index (χ4v) is 2.40. The predicted octanol–water partition coefficient (Wildman–Crippen LogP) is 1.57. The highest BCUT2D eigenvalue weighted by Crippen LogP contribution is 2.24. The van der Waals surface area contributed by atoms with Gasteiger partial charge in [-0.1, -0.05) is 6.07 Å². The number of pyridine rings is 1. The molecule has 2 aromatic rings. The van der Waals surface area contributed by atoms with Crippen LogP contribution in [0.4, 0.5) is 11.4 Å². The highest BCUT2D eigenvalue weighted by molar-refractivity contribution is 5.92. The molecular weight excluding hydrogens is 224 g/mol. The molecule has 0 atom stereocenters. The molecule has 1 fully saturated rings. The molecule has 2 heterocycles. The molecule has 94 valence electrons. The first-order chi connectivity index (χ1) is 8.74. The average molecular weight is 242 g/mol. The van der Waals surface area contributed by atoms with Crippen molar-refractivity contribution in [3.8, 4) is 0 Å². The van der Waals surface area contributed by atoms with Crippen molar-refractivity contribution in [2.75, 3.05) is 43.9 Å². The first kappa shape index (κ1) is 11.3. The first-order valence-corrected chi connectivity index (χ1v) is 6.32. The molecule has 4 heteroatoms. The van der Waals surface area contributed by atoms with Gasteiger partial charge in [0.2, 0.25) is 0 Å². The minimum absolute atomic E-state index is 0.802. The second kappa shape index (κ2) is 4.46. The minimum Gasteiger partial charge on any atom is -0.398 e. The average Bonchev–Trinajstić information content (AvgIpc) is 2.40. The molecule has 1 aliphatic heterocycles. The topological polar surface area (TPSA) is 45.4 Å². The Kier molecular flexibility index (Phi) is 2.80. The van der Waals surface area contributed by atoms with Gasteiger partial charge in [0.25, 0.3) is 0 Å². The van der Waals surface area contributed by atoms with Crippen LogP contribution in [0, 0.1) is 0 Å². The van der Waals surface area contributed by atoms with Gasteiger partial charge in [0.1, 0.15) is 0 Å². The maximum atomic E-state index is 6.01. The number of nitrogens with two attached hydrogens (primary N) is 1. The Morgan fingerprint density at radius 1 is 1.17 bits per heavy atom. The lowest BCUT2D eigenvalue weighted by molar-refractivity contribution is 0.313. The Morgan fingerprint density at radius 3 is 2.72 bits per heavy atom. The number of piperazine rings is 1. The smallest absolute Gasteiger partial charge is 0.0724 e. The molecule has 0 spiro atoms. The summed E-state index contributed by atoms with van der Waals surface area (Å²) >= 11 is 0. The SMILES string of the molecule is CN1CCN(c2cnc3cccc(N)c3c2)CC1. The molecule has 1 saturated heterocycles. The van der Waals surface area contributed by atoms with E-state index in [4.69, 9.17) is 5.73 Å². The third-order valence-corrected chi connectivity index (χ3v) is 3.61. The largest absolute Gasteiger partial charge is 0.398 e. The Labute approximate surface area is 107 Å². The number of fused-ring (bicyclic) bond motifs is 1. The van der Waals surface area contributed by atoms with Gasteiger partial charge in [-0.3, -0.25) is 4.98 Å². The van der Waals surface area contributed by atoms with E-state index in [0.29, 0.717) is 0 Å². The quantitative estimate of drug-likeness (QED) is 0.771. The van der Waals surface area contributed by atoms with Crippen molar-refractivity contribution in [3.05, 3.63) is 30.5 Å². The molecule has 0 unspecified atom stereocenters. The number of benzene rings is 1.